The number of rotatable bonds is 3. The topological polar surface area (TPSA) is 40.8 Å². The predicted molar refractivity (Wildman–Crippen MR) is 98.6 cm³/mol. The van der Waals surface area contributed by atoms with Crippen molar-refractivity contribution in [2.75, 3.05) is 27.2 Å². The van der Waals surface area contributed by atoms with Crippen molar-refractivity contribution >= 4 is 11.4 Å². The Bertz CT molecular complexity index is 915. The van der Waals surface area contributed by atoms with Crippen molar-refractivity contribution in [1.29, 1.82) is 0 Å². The van der Waals surface area contributed by atoms with Gasteiger partial charge in [-0.3, -0.25) is 4.79 Å². The van der Waals surface area contributed by atoms with Crippen LogP contribution in [0.15, 0.2) is 54.9 Å². The van der Waals surface area contributed by atoms with Gasteiger partial charge >= 0.3 is 0 Å². The van der Waals surface area contributed by atoms with Crippen LogP contribution in [0.1, 0.15) is 16.8 Å². The number of likely N-dealkylation sites (N-methyl/N-ethyl adjacent to an activating group) is 1. The van der Waals surface area contributed by atoms with Gasteiger partial charge in [-0.15, -0.1) is 0 Å². The van der Waals surface area contributed by atoms with Crippen molar-refractivity contribution in [2.45, 2.75) is 12.5 Å². The summed E-state index contributed by atoms with van der Waals surface area (Å²) in [5.74, 6) is 0.114. The summed E-state index contributed by atoms with van der Waals surface area (Å²) in [5, 5.41) is 4.39. The molecule has 3 aromatic rings. The SMILES string of the molecule is CN(C)[C@@H]1CCN(C(=O)c2cccc(-c3cnn4ccccc34)c2)C1. The molecule has 0 N–H and O–H groups in total. The molecular weight excluding hydrogens is 312 g/mol. The molecule has 2 aromatic heterocycles. The Morgan fingerprint density at radius 1 is 1.20 bits per heavy atom. The normalized spacial score (nSPS) is 17.6. The van der Waals surface area contributed by atoms with Gasteiger partial charge in [-0.1, -0.05) is 18.2 Å². The van der Waals surface area contributed by atoms with Gasteiger partial charge in [-0.05, 0) is 50.3 Å². The molecule has 5 heteroatoms. The van der Waals surface area contributed by atoms with Crippen LogP contribution in [0, 0.1) is 0 Å². The van der Waals surface area contributed by atoms with Crippen molar-refractivity contribution in [3.63, 3.8) is 0 Å². The molecular formula is C20H22N4O. The number of pyridine rings is 1. The molecule has 25 heavy (non-hydrogen) atoms. The van der Waals surface area contributed by atoms with Crippen LogP contribution >= 0.6 is 0 Å². The highest BCUT2D eigenvalue weighted by Gasteiger charge is 2.28. The standard InChI is InChI=1S/C20H22N4O/c1-22(2)17-9-11-23(14-17)20(25)16-7-5-6-15(12-16)18-13-21-24-10-4-3-8-19(18)24/h3-8,10,12-13,17H,9,11,14H2,1-2H3/t17-/m1/s1. The van der Waals surface area contributed by atoms with E-state index < -0.39 is 0 Å². The average molecular weight is 334 g/mol. The van der Waals surface area contributed by atoms with Crippen LogP contribution in [0.25, 0.3) is 16.6 Å². The molecule has 128 valence electrons. The largest absolute Gasteiger partial charge is 0.337 e. The summed E-state index contributed by atoms with van der Waals surface area (Å²) in [6.07, 6.45) is 4.82. The fourth-order valence-corrected chi connectivity index (χ4v) is 3.51. The summed E-state index contributed by atoms with van der Waals surface area (Å²) in [5.41, 5.74) is 3.85. The Morgan fingerprint density at radius 2 is 2.08 bits per heavy atom. The lowest BCUT2D eigenvalue weighted by Crippen LogP contribution is -2.34. The smallest absolute Gasteiger partial charge is 0.253 e. The van der Waals surface area contributed by atoms with E-state index in [0.717, 1.165) is 41.7 Å². The lowest BCUT2D eigenvalue weighted by atomic mass is 10.0. The number of fused-ring (bicyclic) bond motifs is 1. The Balaban J connectivity index is 1.63. The zero-order valence-electron chi connectivity index (χ0n) is 14.6. The van der Waals surface area contributed by atoms with Crippen LogP contribution in [0.3, 0.4) is 0 Å². The van der Waals surface area contributed by atoms with E-state index in [2.05, 4.69) is 24.1 Å². The molecule has 0 radical (unpaired) electrons. The first-order valence-corrected chi connectivity index (χ1v) is 8.62. The fraction of sp³-hybridized carbons (Fsp3) is 0.300. The maximum absolute atomic E-state index is 12.9. The molecule has 1 atom stereocenters. The van der Waals surface area contributed by atoms with Gasteiger partial charge < -0.3 is 9.80 Å². The molecule has 1 aromatic carbocycles. The molecule has 0 bridgehead atoms. The Morgan fingerprint density at radius 3 is 2.88 bits per heavy atom. The molecule has 1 amide bonds. The second-order valence-electron chi connectivity index (χ2n) is 6.83. The maximum Gasteiger partial charge on any atom is 0.253 e. The highest BCUT2D eigenvalue weighted by molar-refractivity contribution is 5.96. The van der Waals surface area contributed by atoms with E-state index in [1.54, 1.807) is 0 Å². The number of amides is 1. The number of nitrogens with zero attached hydrogens (tertiary/aromatic N) is 4. The number of likely N-dealkylation sites (tertiary alicyclic amines) is 1. The van der Waals surface area contributed by atoms with E-state index in [4.69, 9.17) is 0 Å². The number of carbonyl (C=O) groups excluding carboxylic acids is 1. The monoisotopic (exact) mass is 334 g/mol. The molecule has 0 aliphatic carbocycles. The molecule has 1 aliphatic heterocycles. The zero-order valence-corrected chi connectivity index (χ0v) is 14.6. The minimum atomic E-state index is 0.114. The van der Waals surface area contributed by atoms with Gasteiger partial charge in [0.1, 0.15) is 0 Å². The van der Waals surface area contributed by atoms with E-state index >= 15 is 0 Å². The van der Waals surface area contributed by atoms with Crippen LogP contribution in [-0.2, 0) is 0 Å². The molecule has 1 aliphatic rings. The molecule has 1 fully saturated rings. The first-order chi connectivity index (χ1) is 12.1. The van der Waals surface area contributed by atoms with E-state index in [9.17, 15) is 4.79 Å². The minimum absolute atomic E-state index is 0.114. The van der Waals surface area contributed by atoms with Gasteiger partial charge in [-0.2, -0.15) is 5.10 Å². The third-order valence-electron chi connectivity index (χ3n) is 5.03. The number of carbonyl (C=O) groups is 1. The Kier molecular flexibility index (Phi) is 4.01. The van der Waals surface area contributed by atoms with Gasteiger partial charge in [0.15, 0.2) is 0 Å². The minimum Gasteiger partial charge on any atom is -0.337 e. The highest BCUT2D eigenvalue weighted by Crippen LogP contribution is 2.26. The van der Waals surface area contributed by atoms with Crippen molar-refractivity contribution in [3.05, 3.63) is 60.4 Å². The molecule has 0 unspecified atom stereocenters. The van der Waals surface area contributed by atoms with Crippen molar-refractivity contribution in [2.24, 2.45) is 0 Å². The summed E-state index contributed by atoms with van der Waals surface area (Å²) in [6.45, 7) is 1.62. The average Bonchev–Trinajstić information content (AvgIpc) is 3.28. The lowest BCUT2D eigenvalue weighted by Gasteiger charge is -2.20. The quantitative estimate of drug-likeness (QED) is 0.739. The number of hydrogen-bond donors (Lipinski definition) is 0. The van der Waals surface area contributed by atoms with Gasteiger partial charge in [0.25, 0.3) is 5.91 Å². The zero-order chi connectivity index (χ0) is 17.4. The van der Waals surface area contributed by atoms with Gasteiger partial charge in [0.2, 0.25) is 0 Å². The van der Waals surface area contributed by atoms with E-state index in [1.807, 2.05) is 64.3 Å². The third kappa shape index (κ3) is 2.91. The van der Waals surface area contributed by atoms with Crippen LogP contribution < -0.4 is 0 Å². The summed E-state index contributed by atoms with van der Waals surface area (Å²) in [4.78, 5) is 17.0. The van der Waals surface area contributed by atoms with Crippen LogP contribution in [-0.4, -0.2) is 58.5 Å². The molecule has 3 heterocycles. The lowest BCUT2D eigenvalue weighted by molar-refractivity contribution is 0.0783. The predicted octanol–water partition coefficient (Wildman–Crippen LogP) is 2.78. The summed E-state index contributed by atoms with van der Waals surface area (Å²) in [6, 6.07) is 14.3. The molecule has 5 nitrogen and oxygen atoms in total. The first-order valence-electron chi connectivity index (χ1n) is 8.62. The molecule has 4 rings (SSSR count). The molecule has 1 saturated heterocycles. The van der Waals surface area contributed by atoms with Crippen LogP contribution in [0.2, 0.25) is 0 Å². The van der Waals surface area contributed by atoms with Crippen molar-refractivity contribution in [1.82, 2.24) is 19.4 Å². The summed E-state index contributed by atoms with van der Waals surface area (Å²) >= 11 is 0. The first kappa shape index (κ1) is 15.8. The van der Waals surface area contributed by atoms with Gasteiger partial charge in [-0.25, -0.2) is 4.52 Å². The van der Waals surface area contributed by atoms with Crippen molar-refractivity contribution in [3.8, 4) is 11.1 Å². The number of benzene rings is 1. The van der Waals surface area contributed by atoms with Crippen LogP contribution in [0.5, 0.6) is 0 Å². The molecule has 0 saturated carbocycles. The van der Waals surface area contributed by atoms with Gasteiger partial charge in [0, 0.05) is 36.5 Å². The summed E-state index contributed by atoms with van der Waals surface area (Å²) in [7, 11) is 4.15. The number of aromatic nitrogens is 2. The van der Waals surface area contributed by atoms with E-state index in [0.29, 0.717) is 6.04 Å². The number of hydrogen-bond acceptors (Lipinski definition) is 3. The highest BCUT2D eigenvalue weighted by atomic mass is 16.2. The second-order valence-corrected chi connectivity index (χ2v) is 6.83. The Labute approximate surface area is 147 Å². The van der Waals surface area contributed by atoms with Gasteiger partial charge in [0.05, 0.1) is 11.7 Å². The van der Waals surface area contributed by atoms with E-state index in [1.165, 1.54) is 0 Å². The fourth-order valence-electron chi connectivity index (χ4n) is 3.51. The van der Waals surface area contributed by atoms with E-state index in [-0.39, 0.29) is 5.91 Å². The molecule has 0 spiro atoms. The van der Waals surface area contributed by atoms with Crippen LogP contribution in [0.4, 0.5) is 0 Å². The van der Waals surface area contributed by atoms with Crippen molar-refractivity contribution < 1.29 is 4.79 Å². The Hall–Kier alpha value is -2.66. The third-order valence-corrected chi connectivity index (χ3v) is 5.03. The second kappa shape index (κ2) is 6.33. The maximum atomic E-state index is 12.9. The summed E-state index contributed by atoms with van der Waals surface area (Å²) < 4.78 is 1.85.